The molecule has 5 heteroatoms. The van der Waals surface area contributed by atoms with E-state index in [0.717, 1.165) is 49.2 Å². The second-order valence-corrected chi connectivity index (χ2v) is 6.15. The summed E-state index contributed by atoms with van der Waals surface area (Å²) in [6.45, 7) is 3.45. The summed E-state index contributed by atoms with van der Waals surface area (Å²) in [5, 5.41) is 18.6. The Bertz CT molecular complexity index is 449. The molecule has 0 unspecified atom stereocenters. The first-order valence-corrected chi connectivity index (χ1v) is 8.11. The molecule has 2 rings (SSSR count). The second-order valence-electron chi connectivity index (χ2n) is 6.15. The molecule has 1 aromatic heterocycles. The van der Waals surface area contributed by atoms with Crippen molar-refractivity contribution in [3.05, 3.63) is 11.3 Å². The lowest BCUT2D eigenvalue weighted by Crippen LogP contribution is -2.40. The maximum Gasteiger partial charge on any atom is 0.216 e. The zero-order valence-electron chi connectivity index (χ0n) is 13.6. The zero-order valence-corrected chi connectivity index (χ0v) is 13.6. The molecule has 120 valence electrons. The SMILES string of the molecule is CCc1nn(C)c(OC)c1CNCC1(O)CCCCCC1. The second kappa shape index (κ2) is 7.27. The highest BCUT2D eigenvalue weighted by molar-refractivity contribution is 5.31. The van der Waals surface area contributed by atoms with E-state index >= 15 is 0 Å². The topological polar surface area (TPSA) is 59.3 Å². The Kier molecular flexibility index (Phi) is 5.65. The number of hydrogen-bond donors (Lipinski definition) is 2. The van der Waals surface area contributed by atoms with Gasteiger partial charge in [0.05, 0.1) is 24.0 Å². The fourth-order valence-corrected chi connectivity index (χ4v) is 3.31. The highest BCUT2D eigenvalue weighted by Crippen LogP contribution is 2.27. The minimum absolute atomic E-state index is 0.543. The third kappa shape index (κ3) is 3.98. The van der Waals surface area contributed by atoms with Crippen molar-refractivity contribution < 1.29 is 9.84 Å². The number of rotatable bonds is 6. The maximum atomic E-state index is 10.7. The normalized spacial score (nSPS) is 18.5. The number of nitrogens with zero attached hydrogens (tertiary/aromatic N) is 2. The van der Waals surface area contributed by atoms with Gasteiger partial charge in [-0.05, 0) is 19.3 Å². The van der Waals surface area contributed by atoms with Crippen molar-refractivity contribution in [2.45, 2.75) is 64.0 Å². The molecule has 1 fully saturated rings. The van der Waals surface area contributed by atoms with Crippen LogP contribution in [0.2, 0.25) is 0 Å². The standard InChI is InChI=1S/C16H29N3O2/c1-4-14-13(15(21-3)19(2)18-14)11-17-12-16(20)9-7-5-6-8-10-16/h17,20H,4-12H2,1-3H3. The van der Waals surface area contributed by atoms with Crippen LogP contribution in [0.4, 0.5) is 0 Å². The van der Waals surface area contributed by atoms with Gasteiger partial charge in [0, 0.05) is 20.1 Å². The van der Waals surface area contributed by atoms with Gasteiger partial charge in [-0.1, -0.05) is 32.6 Å². The smallest absolute Gasteiger partial charge is 0.216 e. The number of aliphatic hydroxyl groups is 1. The Labute approximate surface area is 127 Å². The van der Waals surface area contributed by atoms with Gasteiger partial charge in [0.15, 0.2) is 0 Å². The van der Waals surface area contributed by atoms with Gasteiger partial charge < -0.3 is 15.2 Å². The first kappa shape index (κ1) is 16.3. The molecule has 0 amide bonds. The molecule has 0 radical (unpaired) electrons. The molecule has 0 aromatic carbocycles. The van der Waals surface area contributed by atoms with Crippen LogP contribution in [0.5, 0.6) is 5.88 Å². The molecule has 0 spiro atoms. The van der Waals surface area contributed by atoms with Crippen LogP contribution in [0.15, 0.2) is 0 Å². The molecule has 2 N–H and O–H groups in total. The molecule has 1 aromatic rings. The first-order chi connectivity index (χ1) is 10.1. The fraction of sp³-hybridized carbons (Fsp3) is 0.812. The lowest BCUT2D eigenvalue weighted by molar-refractivity contribution is 0.0250. The Hall–Kier alpha value is -1.07. The van der Waals surface area contributed by atoms with E-state index in [9.17, 15) is 5.11 Å². The van der Waals surface area contributed by atoms with E-state index in [0.29, 0.717) is 13.1 Å². The molecule has 1 heterocycles. The largest absolute Gasteiger partial charge is 0.481 e. The number of hydrogen-bond acceptors (Lipinski definition) is 4. The molecule has 0 atom stereocenters. The van der Waals surface area contributed by atoms with Crippen LogP contribution in [0.1, 0.15) is 56.7 Å². The van der Waals surface area contributed by atoms with E-state index in [1.807, 2.05) is 7.05 Å². The summed E-state index contributed by atoms with van der Waals surface area (Å²) in [6, 6.07) is 0. The van der Waals surface area contributed by atoms with E-state index < -0.39 is 5.60 Å². The monoisotopic (exact) mass is 295 g/mol. The van der Waals surface area contributed by atoms with Gasteiger partial charge in [-0.25, -0.2) is 4.68 Å². The van der Waals surface area contributed by atoms with E-state index in [-0.39, 0.29) is 0 Å². The molecule has 0 saturated heterocycles. The van der Waals surface area contributed by atoms with Crippen molar-refractivity contribution >= 4 is 0 Å². The summed E-state index contributed by atoms with van der Waals surface area (Å²) in [6.07, 6.45) is 7.47. The van der Waals surface area contributed by atoms with Crippen molar-refractivity contribution in [2.24, 2.45) is 7.05 Å². The van der Waals surface area contributed by atoms with Crippen LogP contribution in [0.3, 0.4) is 0 Å². The molecule has 1 saturated carbocycles. The van der Waals surface area contributed by atoms with Gasteiger partial charge in [-0.3, -0.25) is 0 Å². The average Bonchev–Trinajstić information content (AvgIpc) is 2.62. The lowest BCUT2D eigenvalue weighted by Gasteiger charge is -2.27. The van der Waals surface area contributed by atoms with Crippen LogP contribution >= 0.6 is 0 Å². The van der Waals surface area contributed by atoms with Crippen LogP contribution in [-0.2, 0) is 20.0 Å². The predicted molar refractivity (Wildman–Crippen MR) is 83.5 cm³/mol. The van der Waals surface area contributed by atoms with Crippen molar-refractivity contribution in [2.75, 3.05) is 13.7 Å². The lowest BCUT2D eigenvalue weighted by atomic mass is 9.94. The Morgan fingerprint density at radius 1 is 1.29 bits per heavy atom. The third-order valence-corrected chi connectivity index (χ3v) is 4.49. The van der Waals surface area contributed by atoms with Gasteiger partial charge in [0.25, 0.3) is 0 Å². The van der Waals surface area contributed by atoms with Gasteiger partial charge in [0.2, 0.25) is 5.88 Å². The molecule has 0 bridgehead atoms. The Morgan fingerprint density at radius 3 is 2.52 bits per heavy atom. The summed E-state index contributed by atoms with van der Waals surface area (Å²) < 4.78 is 7.23. The molecule has 5 nitrogen and oxygen atoms in total. The highest BCUT2D eigenvalue weighted by Gasteiger charge is 2.27. The average molecular weight is 295 g/mol. The third-order valence-electron chi connectivity index (χ3n) is 4.49. The van der Waals surface area contributed by atoms with Crippen LogP contribution in [0.25, 0.3) is 0 Å². The number of aryl methyl sites for hydroxylation is 2. The summed E-state index contributed by atoms with van der Waals surface area (Å²) in [5.74, 6) is 0.812. The van der Waals surface area contributed by atoms with E-state index in [2.05, 4.69) is 17.3 Å². The summed E-state index contributed by atoms with van der Waals surface area (Å²) >= 11 is 0. The van der Waals surface area contributed by atoms with Crippen molar-refractivity contribution in [1.82, 2.24) is 15.1 Å². The first-order valence-electron chi connectivity index (χ1n) is 8.11. The quantitative estimate of drug-likeness (QED) is 0.790. The van der Waals surface area contributed by atoms with Gasteiger partial charge in [-0.15, -0.1) is 0 Å². The minimum Gasteiger partial charge on any atom is -0.481 e. The summed E-state index contributed by atoms with van der Waals surface area (Å²) in [5.41, 5.74) is 1.63. The van der Waals surface area contributed by atoms with Gasteiger partial charge in [-0.2, -0.15) is 5.10 Å². The molecule has 21 heavy (non-hydrogen) atoms. The van der Waals surface area contributed by atoms with Crippen molar-refractivity contribution in [1.29, 1.82) is 0 Å². The molecular formula is C16H29N3O2. The minimum atomic E-state index is -0.543. The van der Waals surface area contributed by atoms with Crippen LogP contribution in [0, 0.1) is 0 Å². The van der Waals surface area contributed by atoms with Crippen LogP contribution < -0.4 is 10.1 Å². The Balaban J connectivity index is 1.96. The number of ether oxygens (including phenoxy) is 1. The molecular weight excluding hydrogens is 266 g/mol. The van der Waals surface area contributed by atoms with Crippen molar-refractivity contribution in [3.63, 3.8) is 0 Å². The predicted octanol–water partition coefficient (Wildman–Crippen LogP) is 2.17. The van der Waals surface area contributed by atoms with E-state index in [4.69, 9.17) is 4.74 Å². The zero-order chi connectivity index (χ0) is 15.3. The molecule has 1 aliphatic rings. The number of methoxy groups -OCH3 is 1. The molecule has 0 aliphatic heterocycles. The van der Waals surface area contributed by atoms with Crippen LogP contribution in [-0.4, -0.2) is 34.1 Å². The maximum absolute atomic E-state index is 10.7. The molecule has 1 aliphatic carbocycles. The summed E-state index contributed by atoms with van der Waals surface area (Å²) in [7, 11) is 3.58. The van der Waals surface area contributed by atoms with Gasteiger partial charge >= 0.3 is 0 Å². The highest BCUT2D eigenvalue weighted by atomic mass is 16.5. The Morgan fingerprint density at radius 2 is 1.95 bits per heavy atom. The van der Waals surface area contributed by atoms with Gasteiger partial charge in [0.1, 0.15) is 0 Å². The number of nitrogens with one attached hydrogen (secondary N) is 1. The fourth-order valence-electron chi connectivity index (χ4n) is 3.31. The number of aromatic nitrogens is 2. The van der Waals surface area contributed by atoms with Crippen molar-refractivity contribution in [3.8, 4) is 5.88 Å². The van der Waals surface area contributed by atoms with E-state index in [1.54, 1.807) is 11.8 Å². The summed E-state index contributed by atoms with van der Waals surface area (Å²) in [4.78, 5) is 0. The van der Waals surface area contributed by atoms with E-state index in [1.165, 1.54) is 12.8 Å².